The first-order chi connectivity index (χ1) is 7.22. The molecule has 0 unspecified atom stereocenters. The van der Waals surface area contributed by atoms with Crippen molar-refractivity contribution in [3.05, 3.63) is 11.7 Å². The summed E-state index contributed by atoms with van der Waals surface area (Å²) in [5.74, 6) is 1.24. The van der Waals surface area contributed by atoms with Crippen molar-refractivity contribution in [3.8, 4) is 0 Å². The van der Waals surface area contributed by atoms with Crippen LogP contribution < -0.4 is 5.32 Å². The Morgan fingerprint density at radius 2 is 2.20 bits per heavy atom. The zero-order chi connectivity index (χ0) is 11.1. The van der Waals surface area contributed by atoms with Crippen molar-refractivity contribution in [3.63, 3.8) is 0 Å². The molecule has 0 aliphatic rings. The van der Waals surface area contributed by atoms with Gasteiger partial charge in [-0.1, -0.05) is 19.0 Å². The predicted molar refractivity (Wildman–Crippen MR) is 56.5 cm³/mol. The van der Waals surface area contributed by atoms with Crippen molar-refractivity contribution in [2.45, 2.75) is 39.2 Å². The minimum absolute atomic E-state index is 0.0634. The number of aliphatic hydroxyl groups excluding tert-OH is 1. The minimum atomic E-state index is 0.0634. The Balaban J connectivity index is 2.19. The van der Waals surface area contributed by atoms with Crippen LogP contribution in [0.3, 0.4) is 0 Å². The van der Waals surface area contributed by atoms with Gasteiger partial charge in [-0.25, -0.2) is 0 Å². The molecule has 0 aliphatic heterocycles. The van der Waals surface area contributed by atoms with Crippen LogP contribution in [0.2, 0.25) is 0 Å². The Labute approximate surface area is 89.9 Å². The van der Waals surface area contributed by atoms with Crippen LogP contribution in [0.15, 0.2) is 4.52 Å². The molecule has 0 bridgehead atoms. The molecule has 1 aromatic rings. The first kappa shape index (κ1) is 12.1. The van der Waals surface area contributed by atoms with Gasteiger partial charge < -0.3 is 14.9 Å². The molecule has 0 radical (unpaired) electrons. The first-order valence-corrected chi connectivity index (χ1v) is 5.38. The summed E-state index contributed by atoms with van der Waals surface area (Å²) in [6, 6.07) is 0.512. The molecule has 0 saturated carbocycles. The lowest BCUT2D eigenvalue weighted by atomic mass is 10.3. The largest absolute Gasteiger partial charge is 0.396 e. The van der Waals surface area contributed by atoms with E-state index < -0.39 is 0 Å². The zero-order valence-electron chi connectivity index (χ0n) is 9.36. The number of nitrogens with one attached hydrogen (secondary N) is 1. The van der Waals surface area contributed by atoms with E-state index in [2.05, 4.69) is 29.3 Å². The molecule has 5 nitrogen and oxygen atoms in total. The van der Waals surface area contributed by atoms with Gasteiger partial charge in [0.05, 0.1) is 6.61 Å². The maximum atomic E-state index is 8.67. The second-order valence-corrected chi connectivity index (χ2v) is 3.79. The van der Waals surface area contributed by atoms with E-state index in [0.29, 0.717) is 24.2 Å². The number of aliphatic hydroxyl groups is 1. The van der Waals surface area contributed by atoms with Crippen molar-refractivity contribution < 1.29 is 9.63 Å². The van der Waals surface area contributed by atoms with Crippen LogP contribution in [-0.2, 0) is 12.8 Å². The third-order valence-corrected chi connectivity index (χ3v) is 1.97. The second kappa shape index (κ2) is 6.53. The number of aryl methyl sites for hydroxylation is 1. The van der Waals surface area contributed by atoms with Gasteiger partial charge in [0.2, 0.25) is 5.89 Å². The van der Waals surface area contributed by atoms with Gasteiger partial charge in [-0.2, -0.15) is 4.98 Å². The molecule has 86 valence electrons. The molecule has 2 N–H and O–H groups in total. The second-order valence-electron chi connectivity index (χ2n) is 3.79. The van der Waals surface area contributed by atoms with E-state index in [4.69, 9.17) is 9.63 Å². The van der Waals surface area contributed by atoms with Crippen LogP contribution in [-0.4, -0.2) is 34.4 Å². The lowest BCUT2D eigenvalue weighted by Gasteiger charge is -2.05. The van der Waals surface area contributed by atoms with Crippen molar-refractivity contribution in [2.75, 3.05) is 13.2 Å². The number of rotatable bonds is 7. The van der Waals surface area contributed by atoms with Gasteiger partial charge in [-0.15, -0.1) is 0 Å². The summed E-state index contributed by atoms with van der Waals surface area (Å²) in [6.45, 7) is 5.25. The fraction of sp³-hybridized carbons (Fsp3) is 0.800. The Bertz CT molecular complexity index is 273. The summed E-state index contributed by atoms with van der Waals surface area (Å²) >= 11 is 0. The molecular weight excluding hydrogens is 194 g/mol. The summed E-state index contributed by atoms with van der Waals surface area (Å²) in [4.78, 5) is 4.15. The third-order valence-electron chi connectivity index (χ3n) is 1.97. The topological polar surface area (TPSA) is 71.2 Å². The molecule has 0 saturated heterocycles. The van der Waals surface area contributed by atoms with Crippen molar-refractivity contribution in [2.24, 2.45) is 0 Å². The SMILES string of the molecule is CC(C)NCCCc1nc(CCO)no1. The number of nitrogens with zero attached hydrogens (tertiary/aromatic N) is 2. The molecule has 0 aliphatic carbocycles. The van der Waals surface area contributed by atoms with Crippen molar-refractivity contribution in [1.29, 1.82) is 0 Å². The van der Waals surface area contributed by atoms with Gasteiger partial charge in [-0.3, -0.25) is 0 Å². The van der Waals surface area contributed by atoms with Crippen LogP contribution in [0.25, 0.3) is 0 Å². The molecule has 1 heterocycles. The van der Waals surface area contributed by atoms with E-state index >= 15 is 0 Å². The molecule has 1 rings (SSSR count). The van der Waals surface area contributed by atoms with Crippen molar-refractivity contribution in [1.82, 2.24) is 15.5 Å². The molecule has 0 aromatic carbocycles. The third kappa shape index (κ3) is 4.90. The van der Waals surface area contributed by atoms with E-state index in [9.17, 15) is 0 Å². The summed E-state index contributed by atoms with van der Waals surface area (Å²) in [5, 5.41) is 15.7. The Kier molecular flexibility index (Phi) is 5.28. The van der Waals surface area contributed by atoms with Crippen LogP contribution in [0.1, 0.15) is 32.0 Å². The maximum Gasteiger partial charge on any atom is 0.226 e. The van der Waals surface area contributed by atoms with Crippen LogP contribution in [0.5, 0.6) is 0 Å². The zero-order valence-corrected chi connectivity index (χ0v) is 9.36. The average Bonchev–Trinajstić information content (AvgIpc) is 2.61. The van der Waals surface area contributed by atoms with Crippen LogP contribution >= 0.6 is 0 Å². The minimum Gasteiger partial charge on any atom is -0.396 e. The summed E-state index contributed by atoms with van der Waals surface area (Å²) in [6.07, 6.45) is 2.24. The Morgan fingerprint density at radius 1 is 1.40 bits per heavy atom. The van der Waals surface area contributed by atoms with Gasteiger partial charge in [0.25, 0.3) is 0 Å². The molecule has 15 heavy (non-hydrogen) atoms. The van der Waals surface area contributed by atoms with Gasteiger partial charge in [-0.05, 0) is 13.0 Å². The fourth-order valence-electron chi connectivity index (χ4n) is 1.22. The monoisotopic (exact) mass is 213 g/mol. The molecule has 0 fully saturated rings. The van der Waals surface area contributed by atoms with Gasteiger partial charge in [0.15, 0.2) is 5.82 Å². The first-order valence-electron chi connectivity index (χ1n) is 5.38. The molecular formula is C10H19N3O2. The number of hydrogen-bond donors (Lipinski definition) is 2. The predicted octanol–water partition coefficient (Wildman–Crippen LogP) is 0.535. The summed E-state index contributed by atoms with van der Waals surface area (Å²) < 4.78 is 5.02. The molecule has 5 heteroatoms. The van der Waals surface area contributed by atoms with Gasteiger partial charge >= 0.3 is 0 Å². The van der Waals surface area contributed by atoms with E-state index in [1.165, 1.54) is 0 Å². The highest BCUT2D eigenvalue weighted by molar-refractivity contribution is 4.86. The summed E-state index contributed by atoms with van der Waals surface area (Å²) in [7, 11) is 0. The Hall–Kier alpha value is -0.940. The number of hydrogen-bond acceptors (Lipinski definition) is 5. The highest BCUT2D eigenvalue weighted by Crippen LogP contribution is 2.01. The van der Waals surface area contributed by atoms with Gasteiger partial charge in [0, 0.05) is 18.9 Å². The van der Waals surface area contributed by atoms with Gasteiger partial charge in [0.1, 0.15) is 0 Å². The fourth-order valence-corrected chi connectivity index (χ4v) is 1.22. The van der Waals surface area contributed by atoms with E-state index in [1.54, 1.807) is 0 Å². The highest BCUT2D eigenvalue weighted by atomic mass is 16.5. The molecule has 0 amide bonds. The standard InChI is InChI=1S/C10H19N3O2/c1-8(2)11-6-3-4-10-12-9(5-7-14)13-15-10/h8,11,14H,3-7H2,1-2H3. The van der Waals surface area contributed by atoms with Crippen molar-refractivity contribution >= 4 is 0 Å². The quantitative estimate of drug-likeness (QED) is 0.647. The van der Waals surface area contributed by atoms with Crippen LogP contribution in [0, 0.1) is 0 Å². The normalized spacial score (nSPS) is 11.2. The van der Waals surface area contributed by atoms with E-state index in [1.807, 2.05) is 0 Å². The maximum absolute atomic E-state index is 8.67. The number of aromatic nitrogens is 2. The smallest absolute Gasteiger partial charge is 0.226 e. The molecule has 0 spiro atoms. The Morgan fingerprint density at radius 3 is 2.87 bits per heavy atom. The van der Waals surface area contributed by atoms with E-state index in [-0.39, 0.29) is 6.61 Å². The highest BCUT2D eigenvalue weighted by Gasteiger charge is 2.04. The van der Waals surface area contributed by atoms with Crippen LogP contribution in [0.4, 0.5) is 0 Å². The molecule has 0 atom stereocenters. The van der Waals surface area contributed by atoms with E-state index in [0.717, 1.165) is 19.4 Å². The lowest BCUT2D eigenvalue weighted by Crippen LogP contribution is -2.23. The lowest BCUT2D eigenvalue weighted by molar-refractivity contribution is 0.292. The molecule has 1 aromatic heterocycles. The summed E-state index contributed by atoms with van der Waals surface area (Å²) in [5.41, 5.74) is 0. The average molecular weight is 213 g/mol.